The average molecular weight is 343 g/mol. The summed E-state index contributed by atoms with van der Waals surface area (Å²) < 4.78 is 17.5. The Bertz CT molecular complexity index is 690. The number of aromatic nitrogens is 2. The molecular weight excluding hydrogens is 318 g/mol. The molecule has 2 aliphatic heterocycles. The van der Waals surface area contributed by atoms with E-state index in [0.29, 0.717) is 13.2 Å². The van der Waals surface area contributed by atoms with Crippen molar-refractivity contribution in [1.29, 1.82) is 0 Å². The molecule has 4 rings (SSSR count). The van der Waals surface area contributed by atoms with Gasteiger partial charge in [-0.1, -0.05) is 11.2 Å². The van der Waals surface area contributed by atoms with Gasteiger partial charge in [0.25, 0.3) is 0 Å². The van der Waals surface area contributed by atoms with Gasteiger partial charge in [0.15, 0.2) is 0 Å². The van der Waals surface area contributed by atoms with Gasteiger partial charge >= 0.3 is 0 Å². The summed E-state index contributed by atoms with van der Waals surface area (Å²) in [5.41, 5.74) is 2.03. The molecule has 2 aliphatic rings. The lowest BCUT2D eigenvalue weighted by atomic mass is 9.89. The molecule has 0 unspecified atom stereocenters. The molecule has 6 nitrogen and oxygen atoms in total. The largest absolute Gasteiger partial charge is 0.371 e. The zero-order chi connectivity index (χ0) is 17.1. The summed E-state index contributed by atoms with van der Waals surface area (Å²) in [6.45, 7) is 6.04. The van der Waals surface area contributed by atoms with Crippen LogP contribution in [0.1, 0.15) is 36.3 Å². The van der Waals surface area contributed by atoms with Crippen molar-refractivity contribution < 1.29 is 14.0 Å². The third-order valence-electron chi connectivity index (χ3n) is 5.06. The van der Waals surface area contributed by atoms with E-state index in [1.165, 1.54) is 0 Å². The molecule has 0 amide bonds. The molecule has 1 spiro atoms. The Morgan fingerprint density at radius 2 is 2.40 bits per heavy atom. The molecule has 0 saturated carbocycles. The monoisotopic (exact) mass is 343 g/mol. The van der Waals surface area contributed by atoms with Crippen LogP contribution in [0.2, 0.25) is 0 Å². The summed E-state index contributed by atoms with van der Waals surface area (Å²) in [5.74, 6) is 0.864. The van der Waals surface area contributed by atoms with Crippen molar-refractivity contribution in [2.45, 2.75) is 51.0 Å². The Hall–Kier alpha value is -1.76. The first-order valence-electron chi connectivity index (χ1n) is 9.00. The molecule has 2 fully saturated rings. The fraction of sp³-hybridized carbons (Fsp3) is 0.579. The number of likely N-dealkylation sites (tertiary alicyclic amines) is 1. The zero-order valence-electron chi connectivity index (χ0n) is 14.7. The minimum absolute atomic E-state index is 0.0728. The lowest BCUT2D eigenvalue weighted by Gasteiger charge is -2.39. The predicted octanol–water partition coefficient (Wildman–Crippen LogP) is 2.72. The third kappa shape index (κ3) is 4.08. The molecular formula is C19H25N3O3. The van der Waals surface area contributed by atoms with E-state index >= 15 is 0 Å². The molecule has 2 atom stereocenters. The summed E-state index contributed by atoms with van der Waals surface area (Å²) in [7, 11) is 0. The lowest BCUT2D eigenvalue weighted by molar-refractivity contribution is -0.0551. The fourth-order valence-electron chi connectivity index (χ4n) is 3.94. The van der Waals surface area contributed by atoms with Gasteiger partial charge in [-0.25, -0.2) is 0 Å². The number of aryl methyl sites for hydroxylation is 1. The van der Waals surface area contributed by atoms with Crippen LogP contribution in [0.25, 0.3) is 0 Å². The van der Waals surface area contributed by atoms with Crippen LogP contribution in [0, 0.1) is 6.92 Å². The van der Waals surface area contributed by atoms with E-state index in [4.69, 9.17) is 14.0 Å². The SMILES string of the molecule is Cc1cc(CN2CCC[C@]3(C[C@@H](OCc4cccnc4)CO3)C2)no1. The first-order chi connectivity index (χ1) is 12.2. The molecule has 4 heterocycles. The quantitative estimate of drug-likeness (QED) is 0.832. The van der Waals surface area contributed by atoms with Gasteiger partial charge in [0.1, 0.15) is 5.76 Å². The summed E-state index contributed by atoms with van der Waals surface area (Å²) in [5, 5.41) is 4.11. The minimum atomic E-state index is -0.0728. The van der Waals surface area contributed by atoms with Gasteiger partial charge in [-0.05, 0) is 37.9 Å². The second-order valence-corrected chi connectivity index (χ2v) is 7.24. The summed E-state index contributed by atoms with van der Waals surface area (Å²) in [6, 6.07) is 5.99. The molecule has 0 aliphatic carbocycles. The highest BCUT2D eigenvalue weighted by Gasteiger charge is 2.43. The van der Waals surface area contributed by atoms with E-state index in [2.05, 4.69) is 15.0 Å². The number of pyridine rings is 1. The highest BCUT2D eigenvalue weighted by atomic mass is 16.6. The van der Waals surface area contributed by atoms with Crippen LogP contribution in [-0.4, -0.2) is 46.4 Å². The van der Waals surface area contributed by atoms with Crippen LogP contribution in [0.4, 0.5) is 0 Å². The van der Waals surface area contributed by atoms with Crippen molar-refractivity contribution in [3.63, 3.8) is 0 Å². The third-order valence-corrected chi connectivity index (χ3v) is 5.06. The van der Waals surface area contributed by atoms with Crippen LogP contribution >= 0.6 is 0 Å². The number of piperidine rings is 1. The van der Waals surface area contributed by atoms with Crippen LogP contribution < -0.4 is 0 Å². The number of hydrogen-bond acceptors (Lipinski definition) is 6. The Kier molecular flexibility index (Phi) is 4.83. The lowest BCUT2D eigenvalue weighted by Crippen LogP contribution is -2.47. The summed E-state index contributed by atoms with van der Waals surface area (Å²) in [4.78, 5) is 6.55. The van der Waals surface area contributed by atoms with Crippen LogP contribution in [-0.2, 0) is 22.6 Å². The molecule has 0 N–H and O–H groups in total. The highest BCUT2D eigenvalue weighted by Crippen LogP contribution is 2.36. The van der Waals surface area contributed by atoms with Crippen molar-refractivity contribution in [1.82, 2.24) is 15.0 Å². The van der Waals surface area contributed by atoms with Gasteiger partial charge in [-0.2, -0.15) is 0 Å². The van der Waals surface area contributed by atoms with Crippen molar-refractivity contribution >= 4 is 0 Å². The maximum atomic E-state index is 6.23. The topological polar surface area (TPSA) is 60.6 Å². The minimum Gasteiger partial charge on any atom is -0.371 e. The maximum Gasteiger partial charge on any atom is 0.133 e. The maximum absolute atomic E-state index is 6.23. The molecule has 134 valence electrons. The van der Waals surface area contributed by atoms with Crippen molar-refractivity contribution in [2.24, 2.45) is 0 Å². The van der Waals surface area contributed by atoms with Gasteiger partial charge in [0.05, 0.1) is 30.6 Å². The molecule has 0 bridgehead atoms. The van der Waals surface area contributed by atoms with Gasteiger partial charge in [0.2, 0.25) is 0 Å². The Balaban J connectivity index is 1.31. The number of hydrogen-bond donors (Lipinski definition) is 0. The molecule has 0 aromatic carbocycles. The van der Waals surface area contributed by atoms with Gasteiger partial charge in [0, 0.05) is 38.0 Å². The second-order valence-electron chi connectivity index (χ2n) is 7.24. The van der Waals surface area contributed by atoms with E-state index in [0.717, 1.165) is 55.9 Å². The summed E-state index contributed by atoms with van der Waals surface area (Å²) >= 11 is 0. The second kappa shape index (κ2) is 7.23. The smallest absolute Gasteiger partial charge is 0.133 e. The molecule has 0 radical (unpaired) electrons. The van der Waals surface area contributed by atoms with Crippen molar-refractivity contribution in [3.8, 4) is 0 Å². The van der Waals surface area contributed by atoms with Gasteiger partial charge < -0.3 is 14.0 Å². The van der Waals surface area contributed by atoms with Crippen LogP contribution in [0.15, 0.2) is 35.1 Å². The normalized spacial score (nSPS) is 27.2. The fourth-order valence-corrected chi connectivity index (χ4v) is 3.94. The first kappa shape index (κ1) is 16.7. The molecule has 2 aromatic heterocycles. The number of ether oxygens (including phenoxy) is 2. The Morgan fingerprint density at radius 3 is 3.20 bits per heavy atom. The Morgan fingerprint density at radius 1 is 1.44 bits per heavy atom. The van der Waals surface area contributed by atoms with E-state index in [-0.39, 0.29) is 11.7 Å². The average Bonchev–Trinajstić information content (AvgIpc) is 3.20. The molecule has 25 heavy (non-hydrogen) atoms. The van der Waals surface area contributed by atoms with Crippen molar-refractivity contribution in [2.75, 3.05) is 19.7 Å². The van der Waals surface area contributed by atoms with Crippen molar-refractivity contribution in [3.05, 3.63) is 47.6 Å². The van der Waals surface area contributed by atoms with Gasteiger partial charge in [-0.15, -0.1) is 0 Å². The van der Waals surface area contributed by atoms with E-state index in [1.54, 1.807) is 6.20 Å². The zero-order valence-corrected chi connectivity index (χ0v) is 14.7. The van der Waals surface area contributed by atoms with Crippen LogP contribution in [0.3, 0.4) is 0 Å². The Labute approximate surface area is 148 Å². The predicted molar refractivity (Wildman–Crippen MR) is 91.9 cm³/mol. The summed E-state index contributed by atoms with van der Waals surface area (Å²) in [6.07, 6.45) is 7.01. The first-order valence-corrected chi connectivity index (χ1v) is 9.00. The molecule has 6 heteroatoms. The van der Waals surface area contributed by atoms with E-state index < -0.39 is 0 Å². The van der Waals surface area contributed by atoms with Gasteiger partial charge in [-0.3, -0.25) is 9.88 Å². The molecule has 2 aromatic rings. The molecule has 2 saturated heterocycles. The number of nitrogens with zero attached hydrogens (tertiary/aromatic N) is 3. The van der Waals surface area contributed by atoms with E-state index in [9.17, 15) is 0 Å². The van der Waals surface area contributed by atoms with Crippen LogP contribution in [0.5, 0.6) is 0 Å². The standard InChI is InChI=1S/C19H25N3O3/c1-15-8-17(21-25-15)11-22-7-3-5-19(14-22)9-18(13-24-19)23-12-16-4-2-6-20-10-16/h2,4,6,8,10,18H,3,5,7,9,11-14H2,1H3/t18-,19+/m1/s1. The van der Waals surface area contributed by atoms with E-state index in [1.807, 2.05) is 31.3 Å². The highest BCUT2D eigenvalue weighted by molar-refractivity contribution is 5.07. The number of rotatable bonds is 5.